The number of halogens is 3. The molecule has 220 valence electrons. The fourth-order valence-corrected chi connectivity index (χ4v) is 4.66. The van der Waals surface area contributed by atoms with Crippen molar-refractivity contribution < 1.29 is 27.5 Å². The summed E-state index contributed by atoms with van der Waals surface area (Å²) in [5.41, 5.74) is 7.79. The molecule has 0 fully saturated rings. The van der Waals surface area contributed by atoms with E-state index in [4.69, 9.17) is 10.5 Å². The first-order valence-electron chi connectivity index (χ1n) is 13.1. The van der Waals surface area contributed by atoms with Crippen molar-refractivity contribution in [3.05, 3.63) is 83.5 Å². The van der Waals surface area contributed by atoms with Gasteiger partial charge in [-0.2, -0.15) is 13.2 Å². The van der Waals surface area contributed by atoms with Gasteiger partial charge in [-0.1, -0.05) is 36.4 Å². The molecule has 12 nitrogen and oxygen atoms in total. The first kappa shape index (κ1) is 28.7. The third-order valence-corrected chi connectivity index (χ3v) is 6.77. The predicted octanol–water partition coefficient (Wildman–Crippen LogP) is 2.48. The van der Waals surface area contributed by atoms with Crippen molar-refractivity contribution in [2.45, 2.75) is 38.8 Å². The molecule has 0 unspecified atom stereocenters. The zero-order valence-corrected chi connectivity index (χ0v) is 22.7. The van der Waals surface area contributed by atoms with Gasteiger partial charge in [0.05, 0.1) is 31.8 Å². The number of alkyl halides is 3. The first-order valence-corrected chi connectivity index (χ1v) is 13.1. The van der Waals surface area contributed by atoms with Crippen LogP contribution >= 0.6 is 0 Å². The number of carbonyl (C=O) groups is 2. The fraction of sp³-hybridized carbons (Fsp3) is 0.333. The summed E-state index contributed by atoms with van der Waals surface area (Å²) >= 11 is 0. The van der Waals surface area contributed by atoms with Gasteiger partial charge in [0.1, 0.15) is 17.9 Å². The Bertz CT molecular complexity index is 1570. The lowest BCUT2D eigenvalue weighted by molar-refractivity contribution is -0.148. The van der Waals surface area contributed by atoms with Crippen LogP contribution in [0.5, 0.6) is 5.75 Å². The molecule has 4 heterocycles. The molecule has 0 saturated carbocycles. The average molecular weight is 584 g/mol. The lowest BCUT2D eigenvalue weighted by atomic mass is 10.1. The molecule has 2 N–H and O–H groups in total. The van der Waals surface area contributed by atoms with E-state index in [1.54, 1.807) is 16.6 Å². The highest BCUT2D eigenvalue weighted by Crippen LogP contribution is 2.33. The molecule has 6 rings (SSSR count). The monoisotopic (exact) mass is 583 g/mol. The summed E-state index contributed by atoms with van der Waals surface area (Å²) in [6.07, 6.45) is -2.68. The molecule has 2 aliphatic rings. The molecular weight excluding hydrogens is 555 g/mol. The summed E-state index contributed by atoms with van der Waals surface area (Å²) in [6, 6.07) is 15.4. The second-order valence-electron chi connectivity index (χ2n) is 9.77. The van der Waals surface area contributed by atoms with Gasteiger partial charge in [-0.15, -0.1) is 15.3 Å². The Morgan fingerprint density at radius 3 is 2.55 bits per heavy atom. The normalized spacial score (nSPS) is 15.1. The Morgan fingerprint density at radius 1 is 1.05 bits per heavy atom. The van der Waals surface area contributed by atoms with Gasteiger partial charge in [0.25, 0.3) is 5.91 Å². The molecule has 2 amide bonds. The summed E-state index contributed by atoms with van der Waals surface area (Å²) in [6.45, 7) is 2.38. The minimum Gasteiger partial charge on any atom is -0.491 e. The average Bonchev–Trinajstić information content (AvgIpc) is 3.58. The molecular formula is C27H28F3N9O3. The third-order valence-electron chi connectivity index (χ3n) is 6.77. The van der Waals surface area contributed by atoms with E-state index >= 15 is 0 Å². The molecule has 42 heavy (non-hydrogen) atoms. The highest BCUT2D eigenvalue weighted by Gasteiger charge is 2.39. The summed E-state index contributed by atoms with van der Waals surface area (Å²) in [5.74, 6) is -0.567. The maximum Gasteiger partial charge on any atom is 0.451 e. The number of nitrogens with two attached hydrogens (primary N) is 1. The number of fused-ring (bicyclic) bond motifs is 2. The van der Waals surface area contributed by atoms with Crippen molar-refractivity contribution in [2.75, 3.05) is 25.1 Å². The number of ether oxygens (including phenoxy) is 1. The van der Waals surface area contributed by atoms with Crippen molar-refractivity contribution in [3.63, 3.8) is 0 Å². The zero-order valence-electron chi connectivity index (χ0n) is 22.7. The number of aromatic nitrogens is 6. The Labute approximate surface area is 238 Å². The summed E-state index contributed by atoms with van der Waals surface area (Å²) < 4.78 is 47.1. The van der Waals surface area contributed by atoms with Gasteiger partial charge in [-0.3, -0.25) is 14.5 Å². The third kappa shape index (κ3) is 6.57. The van der Waals surface area contributed by atoms with Gasteiger partial charge in [-0.05, 0) is 23.3 Å². The minimum atomic E-state index is -4.50. The minimum absolute atomic E-state index is 0.0170. The van der Waals surface area contributed by atoms with Crippen molar-refractivity contribution >= 4 is 17.5 Å². The van der Waals surface area contributed by atoms with Gasteiger partial charge in [0, 0.05) is 26.7 Å². The van der Waals surface area contributed by atoms with Crippen LogP contribution in [0.15, 0.2) is 54.9 Å². The lowest BCUT2D eigenvalue weighted by Gasteiger charge is -2.28. The van der Waals surface area contributed by atoms with Crippen molar-refractivity contribution in [2.24, 2.45) is 5.73 Å². The zero-order chi connectivity index (χ0) is 29.9. The Morgan fingerprint density at radius 2 is 1.83 bits per heavy atom. The van der Waals surface area contributed by atoms with Crippen LogP contribution in [-0.2, 0) is 37.1 Å². The van der Waals surface area contributed by atoms with Crippen LogP contribution in [0.4, 0.5) is 18.9 Å². The number of primary amides is 1. The topological polar surface area (TPSA) is 137 Å². The number of hydrogen-bond acceptors (Lipinski definition) is 8. The van der Waals surface area contributed by atoms with Gasteiger partial charge in [0.15, 0.2) is 0 Å². The molecule has 0 atom stereocenters. The second-order valence-corrected chi connectivity index (χ2v) is 9.77. The van der Waals surface area contributed by atoms with E-state index < -0.39 is 17.9 Å². The van der Waals surface area contributed by atoms with Crippen LogP contribution in [0.25, 0.3) is 0 Å². The number of rotatable bonds is 5. The van der Waals surface area contributed by atoms with E-state index in [-0.39, 0.29) is 24.8 Å². The SMILES string of the molecule is CN1C(=O)CCOc2ccc(CN3CCn4c(nnc4C(F)(F)F)C3)cc21.NC(=O)c1ncn(Cc2ccccc2)n1. The largest absolute Gasteiger partial charge is 0.491 e. The maximum absolute atomic E-state index is 12.9. The molecule has 0 bridgehead atoms. The Hall–Kier alpha value is -4.79. The van der Waals surface area contributed by atoms with E-state index in [0.717, 1.165) is 15.7 Å². The Balaban J connectivity index is 0.000000199. The standard InChI is InChI=1S/C17H18F3N5O2.C10H10N4O/c1-23-12-8-11(2-3-13(12)27-7-4-15(23)26)9-24-5-6-25-14(10-24)21-22-16(25)17(18,19)20;11-9(15)10-12-7-14(13-10)6-8-4-2-1-3-5-8/h2-3,8H,4-7,9-10H2,1H3;1-5,7H,6H2,(H2,11,15). The van der Waals surface area contributed by atoms with E-state index in [1.165, 1.54) is 6.33 Å². The number of benzene rings is 2. The summed E-state index contributed by atoms with van der Waals surface area (Å²) in [4.78, 5) is 30.1. The lowest BCUT2D eigenvalue weighted by Crippen LogP contribution is -2.35. The fourth-order valence-electron chi connectivity index (χ4n) is 4.66. The highest BCUT2D eigenvalue weighted by atomic mass is 19.4. The van der Waals surface area contributed by atoms with Crippen LogP contribution in [0.2, 0.25) is 0 Å². The molecule has 2 aliphatic heterocycles. The van der Waals surface area contributed by atoms with Crippen molar-refractivity contribution in [1.82, 2.24) is 34.4 Å². The molecule has 0 aliphatic carbocycles. The number of hydrogen-bond donors (Lipinski definition) is 1. The van der Waals surface area contributed by atoms with Gasteiger partial charge in [-0.25, -0.2) is 9.67 Å². The first-order chi connectivity index (χ1) is 20.1. The van der Waals surface area contributed by atoms with Gasteiger partial charge >= 0.3 is 6.18 Å². The number of anilines is 1. The Kier molecular flexibility index (Phi) is 8.20. The number of nitrogens with zero attached hydrogens (tertiary/aromatic N) is 8. The summed E-state index contributed by atoms with van der Waals surface area (Å²) in [7, 11) is 1.71. The van der Waals surface area contributed by atoms with Gasteiger partial charge in [0.2, 0.25) is 17.6 Å². The van der Waals surface area contributed by atoms with Crippen molar-refractivity contribution in [1.29, 1.82) is 0 Å². The van der Waals surface area contributed by atoms with Crippen LogP contribution in [0.3, 0.4) is 0 Å². The van der Waals surface area contributed by atoms with Gasteiger partial charge < -0.3 is 19.9 Å². The summed E-state index contributed by atoms with van der Waals surface area (Å²) in [5, 5.41) is 10.9. The highest BCUT2D eigenvalue weighted by molar-refractivity contribution is 5.95. The van der Waals surface area contributed by atoms with Crippen LogP contribution < -0.4 is 15.4 Å². The smallest absolute Gasteiger partial charge is 0.451 e. The molecule has 0 saturated heterocycles. The molecule has 4 aromatic rings. The molecule has 0 radical (unpaired) electrons. The number of carbonyl (C=O) groups excluding carboxylic acids is 2. The molecule has 0 spiro atoms. The molecule has 2 aromatic carbocycles. The number of amides is 2. The quantitative estimate of drug-likeness (QED) is 0.378. The molecule has 2 aromatic heterocycles. The molecule has 15 heteroatoms. The van der Waals surface area contributed by atoms with E-state index in [9.17, 15) is 22.8 Å². The predicted molar refractivity (Wildman–Crippen MR) is 143 cm³/mol. The van der Waals surface area contributed by atoms with Crippen LogP contribution in [0, 0.1) is 0 Å². The van der Waals surface area contributed by atoms with Crippen LogP contribution in [0.1, 0.15) is 39.8 Å². The van der Waals surface area contributed by atoms with Crippen LogP contribution in [-0.4, -0.2) is 66.4 Å². The van der Waals surface area contributed by atoms with E-state index in [1.807, 2.05) is 53.4 Å². The van der Waals surface area contributed by atoms with E-state index in [2.05, 4.69) is 20.3 Å². The maximum atomic E-state index is 12.9. The van der Waals surface area contributed by atoms with Crippen molar-refractivity contribution in [3.8, 4) is 5.75 Å². The van der Waals surface area contributed by atoms with E-state index in [0.29, 0.717) is 49.9 Å². The second kappa shape index (κ2) is 12.0.